The molecule has 1 heterocycles. The fourth-order valence-electron chi connectivity index (χ4n) is 1.38. The highest BCUT2D eigenvalue weighted by Gasteiger charge is 2.25. The summed E-state index contributed by atoms with van der Waals surface area (Å²) in [5.74, 6) is -0.461. The van der Waals surface area contributed by atoms with E-state index in [9.17, 15) is 9.59 Å². The molecular formula is C11H12N2O5. The van der Waals surface area contributed by atoms with E-state index in [0.717, 1.165) is 0 Å². The van der Waals surface area contributed by atoms with Gasteiger partial charge in [-0.25, -0.2) is 4.79 Å². The maximum Gasteiger partial charge on any atom is 0.325 e. The number of nitrogens with one attached hydrogen (secondary N) is 2. The van der Waals surface area contributed by atoms with Crippen LogP contribution in [0.4, 0.5) is 10.5 Å². The highest BCUT2D eigenvalue weighted by Crippen LogP contribution is 2.13. The molecule has 1 saturated heterocycles. The summed E-state index contributed by atoms with van der Waals surface area (Å²) in [6, 6.07) is 5.20. The standard InChI is InChI=1S/C11H12N2O5/c14-8-3-1-7(2-4-8)12-11(16)13-10(15)9-5-17-6-18-9/h1-4,9,14H,5-6H2,(H2,12,13,15,16). The summed E-state index contributed by atoms with van der Waals surface area (Å²) in [5.41, 5.74) is 0.460. The summed E-state index contributed by atoms with van der Waals surface area (Å²) in [5, 5.41) is 13.6. The van der Waals surface area contributed by atoms with Gasteiger partial charge in [-0.1, -0.05) is 0 Å². The maximum absolute atomic E-state index is 11.5. The number of imide groups is 1. The minimum absolute atomic E-state index is 0.0532. The third-order valence-corrected chi connectivity index (χ3v) is 2.28. The second-order valence-corrected chi connectivity index (χ2v) is 3.63. The number of aromatic hydroxyl groups is 1. The van der Waals surface area contributed by atoms with Crippen molar-refractivity contribution in [2.45, 2.75) is 6.10 Å². The van der Waals surface area contributed by atoms with Gasteiger partial charge in [-0.2, -0.15) is 0 Å². The fraction of sp³-hybridized carbons (Fsp3) is 0.273. The minimum Gasteiger partial charge on any atom is -0.508 e. The van der Waals surface area contributed by atoms with E-state index in [1.54, 1.807) is 0 Å². The largest absolute Gasteiger partial charge is 0.508 e. The molecule has 0 saturated carbocycles. The second kappa shape index (κ2) is 5.48. The number of anilines is 1. The van der Waals surface area contributed by atoms with Crippen LogP contribution in [0.5, 0.6) is 5.75 Å². The van der Waals surface area contributed by atoms with Gasteiger partial charge in [0.05, 0.1) is 6.61 Å². The van der Waals surface area contributed by atoms with Crippen LogP contribution in [-0.2, 0) is 14.3 Å². The van der Waals surface area contributed by atoms with Gasteiger partial charge in [0.2, 0.25) is 0 Å². The summed E-state index contributed by atoms with van der Waals surface area (Å²) in [7, 11) is 0. The molecule has 18 heavy (non-hydrogen) atoms. The predicted molar refractivity (Wildman–Crippen MR) is 61.0 cm³/mol. The summed E-state index contributed by atoms with van der Waals surface area (Å²) < 4.78 is 9.78. The van der Waals surface area contributed by atoms with E-state index in [2.05, 4.69) is 10.6 Å². The Hall–Kier alpha value is -2.12. The van der Waals surface area contributed by atoms with E-state index in [1.165, 1.54) is 24.3 Å². The lowest BCUT2D eigenvalue weighted by atomic mass is 10.3. The van der Waals surface area contributed by atoms with Crippen molar-refractivity contribution in [3.63, 3.8) is 0 Å². The number of carbonyl (C=O) groups excluding carboxylic acids is 2. The van der Waals surface area contributed by atoms with E-state index < -0.39 is 18.0 Å². The number of hydrogen-bond donors (Lipinski definition) is 3. The molecule has 96 valence electrons. The molecule has 1 aromatic carbocycles. The summed E-state index contributed by atoms with van der Waals surface area (Å²) >= 11 is 0. The van der Waals surface area contributed by atoms with Gasteiger partial charge in [-0.3, -0.25) is 10.1 Å². The zero-order valence-corrected chi connectivity index (χ0v) is 9.38. The molecule has 1 aliphatic rings. The molecule has 7 nitrogen and oxygen atoms in total. The predicted octanol–water partition coefficient (Wildman–Crippen LogP) is 0.413. The number of amides is 3. The van der Waals surface area contributed by atoms with Crippen molar-refractivity contribution in [2.75, 3.05) is 18.7 Å². The monoisotopic (exact) mass is 252 g/mol. The second-order valence-electron chi connectivity index (χ2n) is 3.63. The number of rotatable bonds is 2. The summed E-state index contributed by atoms with van der Waals surface area (Å²) in [6.07, 6.45) is -0.754. The molecule has 7 heteroatoms. The highest BCUT2D eigenvalue weighted by atomic mass is 16.7. The maximum atomic E-state index is 11.5. The molecule has 0 aliphatic carbocycles. The van der Waals surface area contributed by atoms with Crippen molar-refractivity contribution in [2.24, 2.45) is 0 Å². The number of benzene rings is 1. The van der Waals surface area contributed by atoms with Crippen molar-refractivity contribution < 1.29 is 24.2 Å². The Bertz CT molecular complexity index is 439. The SMILES string of the molecule is O=C(NC(=O)C1COCO1)Nc1ccc(O)cc1. The third-order valence-electron chi connectivity index (χ3n) is 2.28. The number of phenols is 1. The van der Waals surface area contributed by atoms with E-state index in [-0.39, 0.29) is 19.1 Å². The molecule has 1 atom stereocenters. The van der Waals surface area contributed by atoms with Crippen LogP contribution >= 0.6 is 0 Å². The van der Waals surface area contributed by atoms with Crippen molar-refractivity contribution in [1.82, 2.24) is 5.32 Å². The first-order chi connectivity index (χ1) is 8.65. The lowest BCUT2D eigenvalue weighted by molar-refractivity contribution is -0.128. The Labute approximate surface area is 103 Å². The van der Waals surface area contributed by atoms with Crippen molar-refractivity contribution in [1.29, 1.82) is 0 Å². The Morgan fingerprint density at radius 3 is 2.61 bits per heavy atom. The van der Waals surface area contributed by atoms with Crippen molar-refractivity contribution >= 4 is 17.6 Å². The van der Waals surface area contributed by atoms with Gasteiger partial charge in [0, 0.05) is 5.69 Å². The average Bonchev–Trinajstić information content (AvgIpc) is 2.85. The molecule has 0 spiro atoms. The number of carbonyl (C=O) groups is 2. The van der Waals surface area contributed by atoms with Crippen molar-refractivity contribution in [3.8, 4) is 5.75 Å². The quantitative estimate of drug-likeness (QED) is 0.662. The number of ether oxygens (including phenoxy) is 2. The van der Waals surface area contributed by atoms with Gasteiger partial charge in [0.15, 0.2) is 6.10 Å². The molecular weight excluding hydrogens is 240 g/mol. The first-order valence-corrected chi connectivity index (χ1v) is 5.25. The molecule has 3 N–H and O–H groups in total. The van der Waals surface area contributed by atoms with E-state index in [1.807, 2.05) is 0 Å². The zero-order valence-electron chi connectivity index (χ0n) is 9.38. The van der Waals surface area contributed by atoms with Crippen molar-refractivity contribution in [3.05, 3.63) is 24.3 Å². The molecule has 3 amide bonds. The Morgan fingerprint density at radius 1 is 1.28 bits per heavy atom. The lowest BCUT2D eigenvalue weighted by Gasteiger charge is -2.09. The van der Waals surface area contributed by atoms with Gasteiger partial charge in [0.1, 0.15) is 12.5 Å². The topological polar surface area (TPSA) is 96.9 Å². The zero-order chi connectivity index (χ0) is 13.0. The van der Waals surface area contributed by atoms with Crippen LogP contribution < -0.4 is 10.6 Å². The molecule has 1 fully saturated rings. The van der Waals surface area contributed by atoms with Crippen LogP contribution in [0, 0.1) is 0 Å². The highest BCUT2D eigenvalue weighted by molar-refractivity contribution is 6.02. The van der Waals surface area contributed by atoms with Crippen LogP contribution in [0.15, 0.2) is 24.3 Å². The normalized spacial score (nSPS) is 18.3. The Morgan fingerprint density at radius 2 is 2.00 bits per heavy atom. The van der Waals surface area contributed by atoms with E-state index >= 15 is 0 Å². The Balaban J connectivity index is 1.84. The number of urea groups is 1. The molecule has 1 aromatic rings. The lowest BCUT2D eigenvalue weighted by Crippen LogP contribution is -2.41. The van der Waals surface area contributed by atoms with Gasteiger partial charge < -0.3 is 19.9 Å². The summed E-state index contributed by atoms with van der Waals surface area (Å²) in [4.78, 5) is 22.9. The van der Waals surface area contributed by atoms with Crippen LogP contribution in [0.1, 0.15) is 0 Å². The van der Waals surface area contributed by atoms with Gasteiger partial charge in [-0.05, 0) is 24.3 Å². The minimum atomic E-state index is -0.754. The van der Waals surface area contributed by atoms with Gasteiger partial charge >= 0.3 is 6.03 Å². The first-order valence-electron chi connectivity index (χ1n) is 5.25. The fourth-order valence-corrected chi connectivity index (χ4v) is 1.38. The van der Waals surface area contributed by atoms with Crippen LogP contribution in [0.2, 0.25) is 0 Å². The number of phenolic OH excluding ortho intramolecular Hbond substituents is 1. The molecule has 0 aromatic heterocycles. The van der Waals surface area contributed by atoms with Crippen LogP contribution in [0.25, 0.3) is 0 Å². The van der Waals surface area contributed by atoms with Gasteiger partial charge in [0.25, 0.3) is 5.91 Å². The van der Waals surface area contributed by atoms with Crippen LogP contribution in [0.3, 0.4) is 0 Å². The third kappa shape index (κ3) is 3.19. The number of hydrogen-bond acceptors (Lipinski definition) is 5. The van der Waals surface area contributed by atoms with Crippen LogP contribution in [-0.4, -0.2) is 36.5 Å². The molecule has 0 radical (unpaired) electrons. The molecule has 0 bridgehead atoms. The molecule has 1 unspecified atom stereocenters. The first kappa shape index (κ1) is 12.3. The smallest absolute Gasteiger partial charge is 0.325 e. The molecule has 2 rings (SSSR count). The van der Waals surface area contributed by atoms with E-state index in [0.29, 0.717) is 5.69 Å². The van der Waals surface area contributed by atoms with E-state index in [4.69, 9.17) is 14.6 Å². The summed E-state index contributed by atoms with van der Waals surface area (Å²) in [6.45, 7) is 0.190. The average molecular weight is 252 g/mol. The molecule has 1 aliphatic heterocycles. The Kier molecular flexibility index (Phi) is 3.75. The van der Waals surface area contributed by atoms with Gasteiger partial charge in [-0.15, -0.1) is 0 Å².